The SMILES string of the molecule is CC(C)(C)c1cnc(C2CC2)nc1.Cc1ncc(C(C)(C)C)cn1.Cc1ncc(C(C)(C)C)cn1.Cc1ncc(C(C)(C)C)cn1.Cc1nccc(C(C)(C)C)n1.Cc1nccc(C(C)(C)C)n1.Cc1nccc(C(C)(C)C)n1.Cc1nccc(C(C)(C)C)n1.Cn1cc(C(C)(C)C)ccc1=O.Cn1ccc(C(C)(C)C)cc1=O. The maximum absolute atomic E-state index is 11.2. The van der Waals surface area contributed by atoms with Crippen molar-refractivity contribution in [3.05, 3.63) is 259 Å². The van der Waals surface area contributed by atoms with Gasteiger partial charge in [-0.05, 0) is 158 Å². The van der Waals surface area contributed by atoms with Crippen molar-refractivity contribution in [1.82, 2.24) is 88.9 Å². The fourth-order valence-electron chi connectivity index (χ4n) is 9.17. The highest BCUT2D eigenvalue weighted by Gasteiger charge is 2.27. The normalized spacial score (nSPS) is 12.3. The van der Waals surface area contributed by atoms with Crippen molar-refractivity contribution >= 4 is 0 Å². The minimum absolute atomic E-state index is 0.0444. The van der Waals surface area contributed by atoms with E-state index in [1.54, 1.807) is 35.4 Å². The molecule has 0 spiro atoms. The van der Waals surface area contributed by atoms with E-state index in [1.807, 2.05) is 172 Å². The molecule has 0 saturated heterocycles. The first-order valence-electron chi connectivity index (χ1n) is 39.6. The maximum atomic E-state index is 11.2. The molecule has 11 rings (SSSR count). The lowest BCUT2D eigenvalue weighted by atomic mass is 9.88. The molecular weight excluding hydrogens is 1410 g/mol. The molecule has 1 saturated carbocycles. The Morgan fingerprint density at radius 1 is 0.263 bits per heavy atom. The number of hydrogen-bond acceptors (Lipinski definition) is 18. The summed E-state index contributed by atoms with van der Waals surface area (Å²) in [6, 6.07) is 15.0. The second kappa shape index (κ2) is 42.8. The van der Waals surface area contributed by atoms with Crippen LogP contribution in [-0.4, -0.2) is 88.9 Å². The minimum atomic E-state index is 0.0444. The number of aryl methyl sites for hydroxylation is 9. The Kier molecular flexibility index (Phi) is 37.7. The molecule has 622 valence electrons. The first-order valence-corrected chi connectivity index (χ1v) is 39.6. The van der Waals surface area contributed by atoms with Crippen LogP contribution in [0.3, 0.4) is 0 Å². The van der Waals surface area contributed by atoms with E-state index in [4.69, 9.17) is 0 Å². The third-order valence-corrected chi connectivity index (χ3v) is 17.5. The first kappa shape index (κ1) is 101. The third kappa shape index (κ3) is 39.5. The lowest BCUT2D eigenvalue weighted by Crippen LogP contribution is -2.20. The van der Waals surface area contributed by atoms with E-state index in [0.717, 1.165) is 74.9 Å². The van der Waals surface area contributed by atoms with Gasteiger partial charge in [0.15, 0.2) is 0 Å². The van der Waals surface area contributed by atoms with E-state index >= 15 is 0 Å². The van der Waals surface area contributed by atoms with Gasteiger partial charge < -0.3 is 9.13 Å². The zero-order valence-electron chi connectivity index (χ0n) is 77.6. The van der Waals surface area contributed by atoms with Crippen molar-refractivity contribution in [2.24, 2.45) is 14.1 Å². The van der Waals surface area contributed by atoms with E-state index in [0.29, 0.717) is 5.92 Å². The van der Waals surface area contributed by atoms with E-state index in [2.05, 4.69) is 287 Å². The summed E-state index contributed by atoms with van der Waals surface area (Å²) in [6.45, 7) is 77.7. The van der Waals surface area contributed by atoms with Gasteiger partial charge in [0.05, 0.1) is 0 Å². The lowest BCUT2D eigenvalue weighted by Gasteiger charge is -2.19. The lowest BCUT2D eigenvalue weighted by molar-refractivity contribution is 0.564. The summed E-state index contributed by atoms with van der Waals surface area (Å²) in [4.78, 5) is 89.4. The van der Waals surface area contributed by atoms with Crippen LogP contribution in [0.5, 0.6) is 0 Å². The first-order chi connectivity index (χ1) is 51.9. The topological polar surface area (TPSA) is 250 Å². The van der Waals surface area contributed by atoms with E-state index in [9.17, 15) is 9.59 Å². The van der Waals surface area contributed by atoms with Gasteiger partial charge in [-0.1, -0.05) is 214 Å². The Labute approximate surface area is 687 Å². The predicted molar refractivity (Wildman–Crippen MR) is 472 cm³/mol. The van der Waals surface area contributed by atoms with E-state index < -0.39 is 0 Å². The molecule has 0 aromatic carbocycles. The summed E-state index contributed by atoms with van der Waals surface area (Å²) in [6.07, 6.45) is 28.8. The van der Waals surface area contributed by atoms with Gasteiger partial charge >= 0.3 is 0 Å². The highest BCUT2D eigenvalue weighted by molar-refractivity contribution is 5.23. The Balaban J connectivity index is 0.000000430. The summed E-state index contributed by atoms with van der Waals surface area (Å²) in [5.41, 5.74) is 12.9. The van der Waals surface area contributed by atoms with Gasteiger partial charge in [0, 0.05) is 163 Å². The Morgan fingerprint density at radius 2 is 0.509 bits per heavy atom. The van der Waals surface area contributed by atoms with Crippen LogP contribution in [0.2, 0.25) is 0 Å². The molecule has 0 unspecified atom stereocenters. The number of pyridine rings is 2. The van der Waals surface area contributed by atoms with Crippen LogP contribution in [0.25, 0.3) is 0 Å². The molecule has 114 heavy (non-hydrogen) atoms. The van der Waals surface area contributed by atoms with Crippen LogP contribution in [0.1, 0.15) is 329 Å². The zero-order chi connectivity index (χ0) is 87.6. The number of aromatic nitrogens is 18. The van der Waals surface area contributed by atoms with Crippen molar-refractivity contribution in [1.29, 1.82) is 0 Å². The van der Waals surface area contributed by atoms with Crippen molar-refractivity contribution < 1.29 is 0 Å². The second-order valence-corrected chi connectivity index (χ2v) is 39.3. The molecule has 10 heterocycles. The maximum Gasteiger partial charge on any atom is 0.250 e. The molecule has 1 fully saturated rings. The van der Waals surface area contributed by atoms with Crippen LogP contribution < -0.4 is 11.1 Å². The summed E-state index contributed by atoms with van der Waals surface area (Å²) in [5.74, 6) is 7.57. The third-order valence-electron chi connectivity index (χ3n) is 17.5. The average Bonchev–Trinajstić information content (AvgIpc) is 0.924. The van der Waals surface area contributed by atoms with Gasteiger partial charge in [0.25, 0.3) is 5.56 Å². The van der Waals surface area contributed by atoms with Gasteiger partial charge in [-0.2, -0.15) is 0 Å². The number of nitrogens with zero attached hydrogens (tertiary/aromatic N) is 18. The summed E-state index contributed by atoms with van der Waals surface area (Å²) < 4.78 is 3.19. The molecule has 1 aliphatic carbocycles. The smallest absolute Gasteiger partial charge is 0.250 e. The minimum Gasteiger partial charge on any atom is -0.319 e. The largest absolute Gasteiger partial charge is 0.319 e. The second-order valence-electron chi connectivity index (χ2n) is 39.3. The molecule has 0 bridgehead atoms. The fraction of sp³-hybridized carbons (Fsp3) is 0.553. The molecule has 10 aromatic rings. The van der Waals surface area contributed by atoms with Crippen LogP contribution in [-0.2, 0) is 68.2 Å². The fourth-order valence-corrected chi connectivity index (χ4v) is 9.17. The van der Waals surface area contributed by atoms with Crippen molar-refractivity contribution in [2.45, 2.75) is 329 Å². The molecule has 0 N–H and O–H groups in total. The molecule has 20 heteroatoms. The number of hydrogen-bond donors (Lipinski definition) is 0. The van der Waals surface area contributed by atoms with Crippen LogP contribution in [0, 0.1) is 48.5 Å². The van der Waals surface area contributed by atoms with Crippen LogP contribution >= 0.6 is 0 Å². The van der Waals surface area contributed by atoms with Crippen LogP contribution in [0.4, 0.5) is 0 Å². The molecule has 1 aliphatic rings. The molecular formula is C94H144N18O2. The highest BCUT2D eigenvalue weighted by Crippen LogP contribution is 2.38. The van der Waals surface area contributed by atoms with Gasteiger partial charge in [0.2, 0.25) is 5.56 Å². The average molecular weight is 1560 g/mol. The highest BCUT2D eigenvalue weighted by atomic mass is 16.1. The molecule has 20 nitrogen and oxygen atoms in total. The molecule has 0 aliphatic heterocycles. The Morgan fingerprint density at radius 3 is 0.702 bits per heavy atom. The monoisotopic (exact) mass is 1560 g/mol. The van der Waals surface area contributed by atoms with Crippen molar-refractivity contribution in [2.75, 3.05) is 0 Å². The van der Waals surface area contributed by atoms with E-state index in [-0.39, 0.29) is 65.3 Å². The number of rotatable bonds is 1. The van der Waals surface area contributed by atoms with Crippen LogP contribution in [0.15, 0.2) is 145 Å². The van der Waals surface area contributed by atoms with Crippen molar-refractivity contribution in [3.63, 3.8) is 0 Å². The quantitative estimate of drug-likeness (QED) is 0.148. The molecule has 0 amide bonds. The van der Waals surface area contributed by atoms with Gasteiger partial charge in [-0.3, -0.25) is 9.59 Å². The summed E-state index contributed by atoms with van der Waals surface area (Å²) >= 11 is 0. The van der Waals surface area contributed by atoms with Gasteiger partial charge in [0.1, 0.15) is 46.6 Å². The Bertz CT molecular complexity index is 4250. The molecule has 0 radical (unpaired) electrons. The van der Waals surface area contributed by atoms with Gasteiger partial charge in [-0.15, -0.1) is 0 Å². The Hall–Kier alpha value is -9.46. The van der Waals surface area contributed by atoms with Crippen molar-refractivity contribution in [3.8, 4) is 0 Å². The van der Waals surface area contributed by atoms with E-state index in [1.165, 1.54) is 40.7 Å². The summed E-state index contributed by atoms with van der Waals surface area (Å²) in [7, 11) is 3.53. The standard InChI is InChI=1S/C11H16N2.2C10H15NO.7C9H14N2/c1-11(2,3)9-6-12-10(13-7-9)8-4-5-8;1-10(2,3)8-5-6-11(4)9(12)7-8;1-10(2,3)8-5-6-9(12)11(4)7-8;3*1-7-10-5-8(6-11-7)9(2,3)4;4*1-7-10-6-5-8(11-7)9(2,3)4/h6-8H,4-5H2,1-3H3;2*5-7H,1-4H3;7*5-6H,1-4H3. The van der Waals surface area contributed by atoms with Gasteiger partial charge in [-0.25, -0.2) is 79.7 Å². The molecule has 0 atom stereocenters. The summed E-state index contributed by atoms with van der Waals surface area (Å²) in [5, 5.41) is 0. The molecule has 10 aromatic heterocycles. The zero-order valence-corrected chi connectivity index (χ0v) is 77.6. The predicted octanol–water partition coefficient (Wildman–Crippen LogP) is 20.6.